The molecular formula is C78H141N6O42P3. The van der Waals surface area contributed by atoms with Gasteiger partial charge in [-0.25, -0.2) is 0 Å². The van der Waals surface area contributed by atoms with Gasteiger partial charge in [-0.05, 0) is 56.7 Å². The van der Waals surface area contributed by atoms with Crippen LogP contribution in [0.4, 0.5) is 0 Å². The molecule has 129 heavy (non-hydrogen) atoms. The number of nitrogens with zero attached hydrogens (tertiary/aromatic N) is 3. The summed E-state index contributed by atoms with van der Waals surface area (Å²) in [6, 6.07) is 3.92. The summed E-state index contributed by atoms with van der Waals surface area (Å²) < 4.78 is 119. The first kappa shape index (κ1) is 113. The third-order valence-corrected chi connectivity index (χ3v) is 25.7. The fourth-order valence-electron chi connectivity index (χ4n) is 14.6. The van der Waals surface area contributed by atoms with E-state index >= 15 is 0 Å². The average molecular weight is 1930 g/mol. The number of amides is 3. The maximum absolute atomic E-state index is 13.9. The number of phosphoric acid groups is 3. The molecule has 0 spiro atoms. The van der Waals surface area contributed by atoms with Crippen molar-refractivity contribution in [1.82, 2.24) is 16.0 Å². The smallest absolute Gasteiger partial charge is 0.268 e. The van der Waals surface area contributed by atoms with Gasteiger partial charge in [0.25, 0.3) is 41.2 Å². The topological polar surface area (TPSA) is 710 Å². The van der Waals surface area contributed by atoms with Crippen LogP contribution >= 0.6 is 23.5 Å². The number of aliphatic hydroxyl groups is 18. The van der Waals surface area contributed by atoms with Crippen molar-refractivity contribution in [3.63, 3.8) is 0 Å². The lowest BCUT2D eigenvalue weighted by Crippen LogP contribution is -2.61. The van der Waals surface area contributed by atoms with Crippen molar-refractivity contribution >= 4 is 41.2 Å². The minimum atomic E-state index is -4.92. The van der Waals surface area contributed by atoms with Crippen molar-refractivity contribution in [1.29, 1.82) is 0 Å². The molecule has 51 heteroatoms. The van der Waals surface area contributed by atoms with Crippen LogP contribution in [0.2, 0.25) is 0 Å². The number of nitrogens with one attached hydrogen (secondary N) is 3. The van der Waals surface area contributed by atoms with Gasteiger partial charge in [0.1, 0.15) is 186 Å². The summed E-state index contributed by atoms with van der Waals surface area (Å²) in [5, 5.41) is 202. The van der Waals surface area contributed by atoms with E-state index < -0.39 is 265 Å². The summed E-state index contributed by atoms with van der Waals surface area (Å²) in [6.45, 7) is -3.77. The molecule has 1 aromatic rings. The number of carbonyl (C=O) groups excluding carboxylic acids is 3. The van der Waals surface area contributed by atoms with Gasteiger partial charge in [0.2, 0.25) is 0 Å². The SMILES string of the molecule is C[N+](C)(C)CCOP(=O)([O-])OC[C@H]1O[C@@H](OC[C@H]2O[C@@H](CCCCCCNC(=O)c3cc(C(=O)NCCCCCC[C@@H]4O[C@H](CO[C@@H]5O[C@H](COP(=O)([O-])OCC[N+](C)(C)C)[C@H](O)[C@H](O)[C@H]5O)[C@H](O)[C@H](O)[C@H]4O)cc(C(=O)NCCCCCC[C@@H]4O[C@H](CO[C@@H]5O[C@H](COP(=O)([O-])OCC[N+](C)(C)C)[C@H](O)[C@H](O)[C@H]5O)[C@H](O)[C@H](O)[C@H]4O)c3)[C@H](O)[C@@H](O)[C@H]2O)[C@H](O)[C@@H](O)[C@H]1O. The molecule has 0 aliphatic carbocycles. The molecule has 750 valence electrons. The quantitative estimate of drug-likeness (QED) is 0.0164. The Morgan fingerprint density at radius 1 is 0.287 bits per heavy atom. The van der Waals surface area contributed by atoms with E-state index in [9.17, 15) is 135 Å². The molecule has 0 bridgehead atoms. The summed E-state index contributed by atoms with van der Waals surface area (Å²) in [6.07, 6.45) is -43.1. The van der Waals surface area contributed by atoms with Crippen molar-refractivity contribution in [2.24, 2.45) is 0 Å². The third-order valence-electron chi connectivity index (χ3n) is 22.8. The standard InChI is InChI=1S/C78H141N6O42P3/c1-82(2,3)28-31-115-127(106,107)118-40-52-61(91)67(97)70(100)76(124-52)112-37-49-58(88)64(94)55(85)46(121-49)22-16-10-13-19-25-79-73(103)43-34-44(74(104)80-26-20-14-11-17-23-47-56(86)65(95)59(89)50(122-47)38-113-77-71(101)68(98)62(92)53(125-77)41-119-128(108,109)116-32-29-83(4,5)6)36-45(35-43)75(105)81-27-21-15-12-18-24-48-57(87)66(96)60(90)51(123-48)39-114-78-72(102)69(99)63(93)54(126-78)42-120-129(110,111)117-33-30-84(7,8)9/h34-36,46-72,76-78,85-102H,10-33,37-42H2,1-9H3,(H3-3,79,80,81,103,104,105,106,107,108,109,110,111)/t46-,47-,48-,49+,50+,51+,52+,53+,54+,55-,56-,57-,58-,59-,60-,61-,62-,63-,64+,65+,66+,67-,68-,69-,70+,71+,72+,76+,77+,78+/m0/s1. The largest absolute Gasteiger partial charge is 0.756 e. The van der Waals surface area contributed by atoms with Crippen molar-refractivity contribution in [2.45, 2.75) is 280 Å². The Balaban J connectivity index is 0.891. The molecule has 6 saturated heterocycles. The molecule has 1 aromatic carbocycles. The number of ether oxygens (including phenoxy) is 9. The van der Waals surface area contributed by atoms with Crippen molar-refractivity contribution in [3.8, 4) is 0 Å². The molecule has 21 N–H and O–H groups in total. The number of rotatable bonds is 54. The van der Waals surface area contributed by atoms with Crippen LogP contribution in [0.25, 0.3) is 0 Å². The van der Waals surface area contributed by atoms with Crippen LogP contribution in [-0.2, 0) is 83.5 Å². The van der Waals surface area contributed by atoms with Crippen LogP contribution in [0.15, 0.2) is 18.2 Å². The molecule has 6 aliphatic heterocycles. The van der Waals surface area contributed by atoms with Gasteiger partial charge in [0.15, 0.2) is 18.9 Å². The van der Waals surface area contributed by atoms with Crippen LogP contribution in [0.5, 0.6) is 0 Å². The normalized spacial score (nSPS) is 35.2. The summed E-state index contributed by atoms with van der Waals surface area (Å²) in [4.78, 5) is 79.2. The number of unbranched alkanes of at least 4 members (excludes halogenated alkanes) is 9. The fourth-order valence-corrected chi connectivity index (χ4v) is 16.8. The Hall–Kier alpha value is -3.24. The first-order chi connectivity index (χ1) is 60.3. The molecule has 6 heterocycles. The highest BCUT2D eigenvalue weighted by molar-refractivity contribution is 7.46. The molecule has 0 aromatic heterocycles. The predicted octanol–water partition coefficient (Wildman–Crippen LogP) is -8.63. The summed E-state index contributed by atoms with van der Waals surface area (Å²) >= 11 is 0. The van der Waals surface area contributed by atoms with Crippen molar-refractivity contribution < 1.29 is 218 Å². The van der Waals surface area contributed by atoms with Gasteiger partial charge >= 0.3 is 0 Å². The zero-order valence-corrected chi connectivity index (χ0v) is 77.0. The number of phosphoric ester groups is 3. The molecule has 0 radical (unpaired) electrons. The van der Waals surface area contributed by atoms with Gasteiger partial charge in [-0.3, -0.25) is 28.1 Å². The molecule has 3 amide bonds. The molecule has 33 atom stereocenters. The molecular weight excluding hydrogens is 1790 g/mol. The van der Waals surface area contributed by atoms with Crippen LogP contribution in [0.3, 0.4) is 0 Å². The number of hydrogen-bond acceptors (Lipinski definition) is 42. The molecule has 3 unspecified atom stereocenters. The molecule has 7 rings (SSSR count). The van der Waals surface area contributed by atoms with E-state index in [1.54, 1.807) is 0 Å². The van der Waals surface area contributed by atoms with E-state index in [2.05, 4.69) is 16.0 Å². The van der Waals surface area contributed by atoms with Gasteiger partial charge in [0, 0.05) is 36.3 Å². The molecule has 0 saturated carbocycles. The van der Waals surface area contributed by atoms with Gasteiger partial charge < -0.3 is 206 Å². The van der Waals surface area contributed by atoms with E-state index in [0.717, 1.165) is 0 Å². The Morgan fingerprint density at radius 3 is 0.713 bits per heavy atom. The predicted molar refractivity (Wildman–Crippen MR) is 438 cm³/mol. The Bertz CT molecular complexity index is 3300. The summed E-state index contributed by atoms with van der Waals surface area (Å²) in [5.74, 6) is -1.93. The highest BCUT2D eigenvalue weighted by atomic mass is 31.2. The monoisotopic (exact) mass is 1930 g/mol. The second-order valence-corrected chi connectivity index (χ2v) is 40.8. The minimum Gasteiger partial charge on any atom is -0.756 e. The van der Waals surface area contributed by atoms with E-state index in [-0.39, 0.29) is 75.4 Å². The lowest BCUT2D eigenvalue weighted by Gasteiger charge is -2.43. The maximum atomic E-state index is 13.9. The Labute approximate surface area is 749 Å². The van der Waals surface area contributed by atoms with E-state index in [0.29, 0.717) is 110 Å². The van der Waals surface area contributed by atoms with Crippen molar-refractivity contribution in [2.75, 3.05) is 162 Å². The average Bonchev–Trinajstić information content (AvgIpc) is 0.809. The number of aliphatic hydroxyl groups excluding tert-OH is 18. The minimum absolute atomic E-state index is 0.0516. The van der Waals surface area contributed by atoms with Gasteiger partial charge in [-0.2, -0.15) is 0 Å². The first-order valence-electron chi connectivity index (χ1n) is 43.5. The van der Waals surface area contributed by atoms with Crippen LogP contribution in [0.1, 0.15) is 127 Å². The number of benzene rings is 1. The van der Waals surface area contributed by atoms with E-state index in [1.165, 1.54) is 18.2 Å². The lowest BCUT2D eigenvalue weighted by molar-refractivity contribution is -0.870. The van der Waals surface area contributed by atoms with E-state index in [4.69, 9.17) is 69.8 Å². The number of likely N-dealkylation sites (N-methyl/N-ethyl adjacent to an activating group) is 3. The highest BCUT2D eigenvalue weighted by Crippen LogP contribution is 2.43. The van der Waals surface area contributed by atoms with Crippen molar-refractivity contribution in [3.05, 3.63) is 34.9 Å². The van der Waals surface area contributed by atoms with Gasteiger partial charge in [-0.15, -0.1) is 0 Å². The second kappa shape index (κ2) is 52.0. The molecule has 48 nitrogen and oxygen atoms in total. The molecule has 6 aliphatic rings. The van der Waals surface area contributed by atoms with Crippen LogP contribution in [0, 0.1) is 0 Å². The van der Waals surface area contributed by atoms with Gasteiger partial charge in [0.05, 0.1) is 121 Å². The maximum Gasteiger partial charge on any atom is 0.268 e. The molecule has 6 fully saturated rings. The Morgan fingerprint density at radius 2 is 0.488 bits per heavy atom. The fraction of sp³-hybridized carbons (Fsp3) is 0.885. The zero-order valence-electron chi connectivity index (χ0n) is 74.3. The third kappa shape index (κ3) is 36.2. The van der Waals surface area contributed by atoms with Crippen LogP contribution in [-0.4, -0.2) is 469 Å². The number of hydrogen-bond donors (Lipinski definition) is 21. The van der Waals surface area contributed by atoms with Crippen LogP contribution < -0.4 is 30.6 Å². The first-order valence-corrected chi connectivity index (χ1v) is 47.9. The number of quaternary nitrogens is 3. The van der Waals surface area contributed by atoms with E-state index in [1.807, 2.05) is 63.4 Å². The Kier molecular flexibility index (Phi) is 45.4. The second-order valence-electron chi connectivity index (χ2n) is 36.5. The zero-order chi connectivity index (χ0) is 95.8. The highest BCUT2D eigenvalue weighted by Gasteiger charge is 2.52. The van der Waals surface area contributed by atoms with Gasteiger partial charge in [-0.1, -0.05) is 57.8 Å². The summed E-state index contributed by atoms with van der Waals surface area (Å²) in [7, 11) is 1.51. The lowest BCUT2D eigenvalue weighted by atomic mass is 9.92. The number of carbonyl (C=O) groups is 3. The summed E-state index contributed by atoms with van der Waals surface area (Å²) in [5.41, 5.74) is -0.155.